The number of carbonyl (C=O) groups is 2. The van der Waals surface area contributed by atoms with Crippen LogP contribution in [-0.4, -0.2) is 36.0 Å². The van der Waals surface area contributed by atoms with Crippen molar-refractivity contribution in [3.05, 3.63) is 24.0 Å². The van der Waals surface area contributed by atoms with Gasteiger partial charge >= 0.3 is 0 Å². The molecule has 19 heavy (non-hydrogen) atoms. The fourth-order valence-electron chi connectivity index (χ4n) is 1.85. The van der Waals surface area contributed by atoms with E-state index in [2.05, 4.69) is 5.32 Å². The van der Waals surface area contributed by atoms with Crippen LogP contribution in [0.25, 0.3) is 0 Å². The van der Waals surface area contributed by atoms with Gasteiger partial charge in [0.15, 0.2) is 5.78 Å². The normalized spacial score (nSPS) is 12.2. The summed E-state index contributed by atoms with van der Waals surface area (Å²) < 4.78 is 6.67. The number of hydrogen-bond acceptors (Lipinski definition) is 3. The molecule has 0 spiro atoms. The van der Waals surface area contributed by atoms with Gasteiger partial charge in [-0.3, -0.25) is 9.59 Å². The summed E-state index contributed by atoms with van der Waals surface area (Å²) in [5.74, 6) is 0.0315. The maximum Gasteiger partial charge on any atom is 0.240 e. The van der Waals surface area contributed by atoms with Crippen LogP contribution in [0.15, 0.2) is 18.5 Å². The van der Waals surface area contributed by atoms with Crippen molar-refractivity contribution in [1.82, 2.24) is 9.88 Å². The van der Waals surface area contributed by atoms with E-state index in [0.717, 1.165) is 6.42 Å². The van der Waals surface area contributed by atoms with E-state index in [0.29, 0.717) is 18.6 Å². The minimum atomic E-state index is -0.0883. The summed E-state index contributed by atoms with van der Waals surface area (Å²) in [4.78, 5) is 23.4. The second-order valence-electron chi connectivity index (χ2n) is 4.67. The molecule has 1 aromatic rings. The lowest BCUT2D eigenvalue weighted by atomic mass is 10.1. The summed E-state index contributed by atoms with van der Waals surface area (Å²) in [5, 5.41) is 2.82. The molecule has 106 valence electrons. The molecule has 1 heterocycles. The minimum Gasteiger partial charge on any atom is -0.383 e. The Morgan fingerprint density at radius 1 is 1.47 bits per heavy atom. The summed E-state index contributed by atoms with van der Waals surface area (Å²) >= 11 is 0. The first kappa shape index (κ1) is 15.4. The van der Waals surface area contributed by atoms with Gasteiger partial charge in [-0.1, -0.05) is 6.92 Å². The van der Waals surface area contributed by atoms with Crippen molar-refractivity contribution in [2.24, 2.45) is 0 Å². The zero-order valence-corrected chi connectivity index (χ0v) is 11.8. The predicted octanol–water partition coefficient (Wildman–Crippen LogP) is 1.62. The first-order chi connectivity index (χ1) is 9.06. The summed E-state index contributed by atoms with van der Waals surface area (Å²) in [6, 6.07) is 1.73. The van der Waals surface area contributed by atoms with E-state index in [1.54, 1.807) is 30.1 Å². The van der Waals surface area contributed by atoms with E-state index in [9.17, 15) is 9.59 Å². The molecule has 0 bridgehead atoms. The van der Waals surface area contributed by atoms with Gasteiger partial charge in [-0.25, -0.2) is 0 Å². The third-order valence-corrected chi connectivity index (χ3v) is 2.70. The molecule has 0 saturated heterocycles. The summed E-state index contributed by atoms with van der Waals surface area (Å²) in [7, 11) is 1.60. The fourth-order valence-corrected chi connectivity index (χ4v) is 1.85. The average Bonchev–Trinajstić information content (AvgIpc) is 2.77. The van der Waals surface area contributed by atoms with Crippen molar-refractivity contribution in [2.45, 2.75) is 39.3 Å². The highest BCUT2D eigenvalue weighted by atomic mass is 16.5. The number of nitrogens with one attached hydrogen (secondary N) is 1. The standard InChI is InChI=1S/C14H22N2O3/c1-4-5-13(17)12-6-7-16(8-12)9-14(18)15-11(2)10-19-3/h6-8,11H,4-5,9-10H2,1-3H3,(H,15,18). The lowest BCUT2D eigenvalue weighted by Gasteiger charge is -2.12. The maximum absolute atomic E-state index is 11.7. The number of Topliss-reactive ketones (excluding diaryl/α,β-unsaturated/α-hetero) is 1. The van der Waals surface area contributed by atoms with Gasteiger partial charge in [0.1, 0.15) is 6.54 Å². The highest BCUT2D eigenvalue weighted by Gasteiger charge is 2.10. The number of nitrogens with zero attached hydrogens (tertiary/aromatic N) is 1. The van der Waals surface area contributed by atoms with Gasteiger partial charge in [0, 0.05) is 37.5 Å². The molecule has 0 aliphatic rings. The summed E-state index contributed by atoms with van der Waals surface area (Å²) in [6.45, 7) is 4.55. The third-order valence-electron chi connectivity index (χ3n) is 2.70. The Kier molecular flexibility index (Phi) is 6.29. The van der Waals surface area contributed by atoms with Crippen LogP contribution < -0.4 is 5.32 Å². The number of hydrogen-bond donors (Lipinski definition) is 1. The molecule has 0 aromatic carbocycles. The fraction of sp³-hybridized carbons (Fsp3) is 0.571. The van der Waals surface area contributed by atoms with Crippen LogP contribution >= 0.6 is 0 Å². The predicted molar refractivity (Wildman–Crippen MR) is 73.2 cm³/mol. The molecule has 0 radical (unpaired) electrons. The largest absolute Gasteiger partial charge is 0.383 e. The Morgan fingerprint density at radius 3 is 2.84 bits per heavy atom. The van der Waals surface area contributed by atoms with Gasteiger partial charge in [0.2, 0.25) is 5.91 Å². The van der Waals surface area contributed by atoms with Crippen molar-refractivity contribution < 1.29 is 14.3 Å². The summed E-state index contributed by atoms with van der Waals surface area (Å²) in [6.07, 6.45) is 4.85. The zero-order valence-electron chi connectivity index (χ0n) is 11.8. The molecule has 1 N–H and O–H groups in total. The van der Waals surface area contributed by atoms with Crippen LogP contribution in [0.1, 0.15) is 37.0 Å². The van der Waals surface area contributed by atoms with E-state index in [1.807, 2.05) is 13.8 Å². The van der Waals surface area contributed by atoms with Crippen LogP contribution in [0.4, 0.5) is 0 Å². The van der Waals surface area contributed by atoms with Crippen LogP contribution in [0, 0.1) is 0 Å². The SMILES string of the molecule is CCCC(=O)c1ccn(CC(=O)NC(C)COC)c1. The summed E-state index contributed by atoms with van der Waals surface area (Å²) in [5.41, 5.74) is 0.666. The molecular formula is C14H22N2O3. The van der Waals surface area contributed by atoms with E-state index < -0.39 is 0 Å². The molecule has 0 saturated carbocycles. The Hall–Kier alpha value is -1.62. The second-order valence-corrected chi connectivity index (χ2v) is 4.67. The number of rotatable bonds is 8. The van der Waals surface area contributed by atoms with E-state index >= 15 is 0 Å². The van der Waals surface area contributed by atoms with Crippen molar-refractivity contribution >= 4 is 11.7 Å². The van der Waals surface area contributed by atoms with Crippen molar-refractivity contribution in [3.8, 4) is 0 Å². The lowest BCUT2D eigenvalue weighted by Crippen LogP contribution is -2.37. The van der Waals surface area contributed by atoms with Crippen molar-refractivity contribution in [3.63, 3.8) is 0 Å². The van der Waals surface area contributed by atoms with Crippen LogP contribution in [0.5, 0.6) is 0 Å². The first-order valence-electron chi connectivity index (χ1n) is 6.54. The molecule has 5 heteroatoms. The van der Waals surface area contributed by atoms with Gasteiger partial charge < -0.3 is 14.6 Å². The van der Waals surface area contributed by atoms with Gasteiger partial charge in [-0.05, 0) is 19.4 Å². The van der Waals surface area contributed by atoms with Crippen LogP contribution in [0.3, 0.4) is 0 Å². The second kappa shape index (κ2) is 7.74. The van der Waals surface area contributed by atoms with Gasteiger partial charge in [0.05, 0.1) is 6.61 Å². The molecule has 1 unspecified atom stereocenters. The van der Waals surface area contributed by atoms with Gasteiger partial charge in [-0.15, -0.1) is 0 Å². The molecule has 5 nitrogen and oxygen atoms in total. The Labute approximate surface area is 113 Å². The molecule has 1 amide bonds. The smallest absolute Gasteiger partial charge is 0.240 e. The minimum absolute atomic E-state index is 0.0192. The quantitative estimate of drug-likeness (QED) is 0.727. The van der Waals surface area contributed by atoms with Gasteiger partial charge in [-0.2, -0.15) is 0 Å². The Bertz CT molecular complexity index is 426. The Morgan fingerprint density at radius 2 is 2.21 bits per heavy atom. The van der Waals surface area contributed by atoms with E-state index in [-0.39, 0.29) is 24.3 Å². The average molecular weight is 266 g/mol. The monoisotopic (exact) mass is 266 g/mol. The number of ether oxygens (including phenoxy) is 1. The number of amides is 1. The number of methoxy groups -OCH3 is 1. The van der Waals surface area contributed by atoms with Crippen LogP contribution in [0.2, 0.25) is 0 Å². The highest BCUT2D eigenvalue weighted by molar-refractivity contribution is 5.95. The topological polar surface area (TPSA) is 60.3 Å². The maximum atomic E-state index is 11.7. The zero-order chi connectivity index (χ0) is 14.3. The third kappa shape index (κ3) is 5.26. The van der Waals surface area contributed by atoms with Crippen molar-refractivity contribution in [1.29, 1.82) is 0 Å². The molecule has 0 aliphatic heterocycles. The van der Waals surface area contributed by atoms with Crippen molar-refractivity contribution in [2.75, 3.05) is 13.7 Å². The molecule has 1 rings (SSSR count). The lowest BCUT2D eigenvalue weighted by molar-refractivity contribution is -0.122. The number of ketones is 1. The molecule has 0 fully saturated rings. The molecular weight excluding hydrogens is 244 g/mol. The highest BCUT2D eigenvalue weighted by Crippen LogP contribution is 2.06. The Balaban J connectivity index is 2.49. The number of aromatic nitrogens is 1. The first-order valence-corrected chi connectivity index (χ1v) is 6.54. The molecule has 0 aliphatic carbocycles. The number of carbonyl (C=O) groups excluding carboxylic acids is 2. The molecule has 1 aromatic heterocycles. The molecule has 1 atom stereocenters. The van der Waals surface area contributed by atoms with Gasteiger partial charge in [0.25, 0.3) is 0 Å². The van der Waals surface area contributed by atoms with Crippen LogP contribution in [-0.2, 0) is 16.1 Å². The van der Waals surface area contributed by atoms with E-state index in [4.69, 9.17) is 4.74 Å². The van der Waals surface area contributed by atoms with E-state index in [1.165, 1.54) is 0 Å².